The molecule has 0 aromatic heterocycles. The zero-order chi connectivity index (χ0) is 11.3. The number of hydrogen-bond donors (Lipinski definition) is 0. The van der Waals surface area contributed by atoms with Crippen LogP contribution in [0.4, 0.5) is 0 Å². The summed E-state index contributed by atoms with van der Waals surface area (Å²) in [4.78, 5) is 9.04. The minimum atomic E-state index is -0.236. The molecule has 1 aliphatic carbocycles. The van der Waals surface area contributed by atoms with Crippen LogP contribution in [-0.4, -0.2) is 11.9 Å². The summed E-state index contributed by atoms with van der Waals surface area (Å²) >= 11 is 0. The van der Waals surface area contributed by atoms with Gasteiger partial charge in [-0.25, -0.2) is 0 Å². The average Bonchev–Trinajstić information content (AvgIpc) is 2.78. The van der Waals surface area contributed by atoms with Crippen molar-refractivity contribution in [1.82, 2.24) is 0 Å². The summed E-state index contributed by atoms with van der Waals surface area (Å²) in [6, 6.07) is 8.39. The van der Waals surface area contributed by atoms with Gasteiger partial charge in [0.1, 0.15) is 5.41 Å². The van der Waals surface area contributed by atoms with E-state index >= 15 is 0 Å². The molecular weight excluding hydrogens is 208 g/mol. The lowest BCUT2D eigenvalue weighted by Gasteiger charge is -2.33. The second-order valence-electron chi connectivity index (χ2n) is 4.40. The Morgan fingerprint density at radius 2 is 2.00 bits per heavy atom. The van der Waals surface area contributed by atoms with Gasteiger partial charge in [0.2, 0.25) is 0 Å². The van der Waals surface area contributed by atoms with Crippen LogP contribution < -0.4 is 0 Å². The Morgan fingerprint density at radius 1 is 1.06 bits per heavy atom. The van der Waals surface area contributed by atoms with E-state index in [1.807, 2.05) is 24.6 Å². The molecule has 0 radical (unpaired) electrons. The van der Waals surface area contributed by atoms with Crippen LogP contribution in [0.1, 0.15) is 11.1 Å². The summed E-state index contributed by atoms with van der Waals surface area (Å²) in [6.45, 7) is 0. The molecule has 2 aliphatic heterocycles. The summed E-state index contributed by atoms with van der Waals surface area (Å²) in [6.07, 6.45) is 12.2. The molecule has 1 spiro atoms. The number of allylic oxidation sites excluding steroid dienone is 4. The van der Waals surface area contributed by atoms with Crippen molar-refractivity contribution in [3.63, 3.8) is 0 Å². The largest absolute Gasteiger partial charge is 0.258 e. The van der Waals surface area contributed by atoms with E-state index in [9.17, 15) is 0 Å². The number of hydrogen-bond acceptors (Lipinski definition) is 2. The van der Waals surface area contributed by atoms with Crippen molar-refractivity contribution in [2.45, 2.75) is 5.41 Å². The standard InChI is InChI=1S/C15H10N2/c1-2-6-12-11(5-1)9-16-14-10-17-13-7-3-4-8-15(12,13)14/h1-10H. The third-order valence-corrected chi connectivity index (χ3v) is 3.57. The summed E-state index contributed by atoms with van der Waals surface area (Å²) in [5.41, 5.74) is 4.31. The topological polar surface area (TPSA) is 24.7 Å². The maximum atomic E-state index is 4.54. The van der Waals surface area contributed by atoms with Gasteiger partial charge in [-0.1, -0.05) is 42.5 Å². The maximum Gasteiger partial charge on any atom is 0.100 e. The van der Waals surface area contributed by atoms with Crippen molar-refractivity contribution >= 4 is 11.9 Å². The molecule has 0 amide bonds. The van der Waals surface area contributed by atoms with Crippen molar-refractivity contribution in [1.29, 1.82) is 0 Å². The molecule has 0 saturated heterocycles. The van der Waals surface area contributed by atoms with Crippen molar-refractivity contribution in [3.05, 3.63) is 71.6 Å². The molecule has 2 heteroatoms. The van der Waals surface area contributed by atoms with E-state index in [1.54, 1.807) is 0 Å². The highest BCUT2D eigenvalue weighted by atomic mass is 14.9. The van der Waals surface area contributed by atoms with Crippen molar-refractivity contribution < 1.29 is 0 Å². The van der Waals surface area contributed by atoms with Gasteiger partial charge in [0.25, 0.3) is 0 Å². The second kappa shape index (κ2) is 2.92. The summed E-state index contributed by atoms with van der Waals surface area (Å²) < 4.78 is 0. The van der Waals surface area contributed by atoms with E-state index in [0.29, 0.717) is 0 Å². The molecule has 4 rings (SSSR count). The molecule has 3 aliphatic rings. The van der Waals surface area contributed by atoms with Gasteiger partial charge in [0.05, 0.1) is 17.6 Å². The van der Waals surface area contributed by atoms with E-state index in [1.165, 1.54) is 11.1 Å². The molecule has 2 heterocycles. The first-order valence-electron chi connectivity index (χ1n) is 5.70. The highest BCUT2D eigenvalue weighted by Gasteiger charge is 2.44. The quantitative estimate of drug-likeness (QED) is 0.639. The van der Waals surface area contributed by atoms with E-state index in [0.717, 1.165) is 11.4 Å². The van der Waals surface area contributed by atoms with Crippen molar-refractivity contribution in [3.8, 4) is 0 Å². The van der Waals surface area contributed by atoms with E-state index < -0.39 is 0 Å². The summed E-state index contributed by atoms with van der Waals surface area (Å²) in [5.74, 6) is 0. The molecule has 0 fully saturated rings. The Bertz CT molecular complexity index is 659. The third kappa shape index (κ3) is 0.954. The Hall–Kier alpha value is -2.22. The number of benzene rings is 1. The summed E-state index contributed by atoms with van der Waals surface area (Å²) in [5, 5.41) is 0. The fraction of sp³-hybridized carbons (Fsp3) is 0.0667. The first-order valence-corrected chi connectivity index (χ1v) is 5.70. The Morgan fingerprint density at radius 3 is 3.00 bits per heavy atom. The first kappa shape index (κ1) is 8.88. The van der Waals surface area contributed by atoms with Gasteiger partial charge in [-0.3, -0.25) is 9.98 Å². The fourth-order valence-electron chi connectivity index (χ4n) is 2.77. The van der Waals surface area contributed by atoms with Crippen LogP contribution in [0.5, 0.6) is 0 Å². The Balaban J connectivity index is 2.09. The highest BCUT2D eigenvalue weighted by molar-refractivity contribution is 6.13. The Labute approximate surface area is 99.4 Å². The molecule has 1 aromatic carbocycles. The molecule has 1 atom stereocenters. The number of aliphatic imine (C=N–C) groups is 2. The SMILES string of the molecule is C1=CC2=NC=C3N=Cc4ccccc4C32C=C1. The van der Waals surface area contributed by atoms with Gasteiger partial charge >= 0.3 is 0 Å². The molecule has 17 heavy (non-hydrogen) atoms. The average molecular weight is 218 g/mol. The van der Waals surface area contributed by atoms with Crippen LogP contribution in [0.2, 0.25) is 0 Å². The number of rotatable bonds is 0. The molecule has 1 aromatic rings. The van der Waals surface area contributed by atoms with Crippen molar-refractivity contribution in [2.75, 3.05) is 0 Å². The van der Waals surface area contributed by atoms with Gasteiger partial charge in [-0.05, 0) is 17.2 Å². The first-order chi connectivity index (χ1) is 8.41. The van der Waals surface area contributed by atoms with E-state index in [2.05, 4.69) is 46.4 Å². The normalized spacial score (nSPS) is 27.1. The van der Waals surface area contributed by atoms with Crippen molar-refractivity contribution in [2.24, 2.45) is 9.98 Å². The molecule has 0 saturated carbocycles. The van der Waals surface area contributed by atoms with Gasteiger partial charge < -0.3 is 0 Å². The van der Waals surface area contributed by atoms with Gasteiger partial charge in [-0.2, -0.15) is 0 Å². The molecule has 1 unspecified atom stereocenters. The van der Waals surface area contributed by atoms with Crippen LogP contribution in [0.15, 0.2) is 70.5 Å². The molecule has 2 nitrogen and oxygen atoms in total. The van der Waals surface area contributed by atoms with Crippen LogP contribution in [-0.2, 0) is 5.41 Å². The highest BCUT2D eigenvalue weighted by Crippen LogP contribution is 2.44. The molecule has 0 bridgehead atoms. The van der Waals surface area contributed by atoms with Crippen LogP contribution >= 0.6 is 0 Å². The Kier molecular flexibility index (Phi) is 1.52. The minimum absolute atomic E-state index is 0.236. The van der Waals surface area contributed by atoms with E-state index in [-0.39, 0.29) is 5.41 Å². The third-order valence-electron chi connectivity index (χ3n) is 3.57. The number of nitrogens with zero attached hydrogens (tertiary/aromatic N) is 2. The zero-order valence-electron chi connectivity index (χ0n) is 9.17. The lowest BCUT2D eigenvalue weighted by Crippen LogP contribution is -2.36. The lowest BCUT2D eigenvalue weighted by molar-refractivity contribution is 0.833. The zero-order valence-corrected chi connectivity index (χ0v) is 9.17. The van der Waals surface area contributed by atoms with Crippen LogP contribution in [0.3, 0.4) is 0 Å². The predicted molar refractivity (Wildman–Crippen MR) is 69.5 cm³/mol. The van der Waals surface area contributed by atoms with Crippen LogP contribution in [0.25, 0.3) is 0 Å². The monoisotopic (exact) mass is 218 g/mol. The van der Waals surface area contributed by atoms with Crippen LogP contribution in [0, 0.1) is 0 Å². The molecular formula is C15H10N2. The predicted octanol–water partition coefficient (Wildman–Crippen LogP) is 2.78. The second-order valence-corrected chi connectivity index (χ2v) is 4.40. The minimum Gasteiger partial charge on any atom is -0.258 e. The lowest BCUT2D eigenvalue weighted by atomic mass is 9.70. The molecule has 80 valence electrons. The van der Waals surface area contributed by atoms with Gasteiger partial charge in [0, 0.05) is 6.21 Å². The smallest absolute Gasteiger partial charge is 0.100 e. The van der Waals surface area contributed by atoms with Gasteiger partial charge in [-0.15, -0.1) is 0 Å². The summed E-state index contributed by atoms with van der Waals surface area (Å²) in [7, 11) is 0. The van der Waals surface area contributed by atoms with E-state index in [4.69, 9.17) is 0 Å². The maximum absolute atomic E-state index is 4.54. The molecule has 0 N–H and O–H groups in total. The van der Waals surface area contributed by atoms with Gasteiger partial charge in [0.15, 0.2) is 0 Å². The number of fused-ring (bicyclic) bond motifs is 1. The fourth-order valence-corrected chi connectivity index (χ4v) is 2.77.